The number of piperazine rings is 1. The van der Waals surface area contributed by atoms with Crippen molar-refractivity contribution in [3.05, 3.63) is 128 Å². The number of benzene rings is 4. The van der Waals surface area contributed by atoms with E-state index < -0.39 is 37.0 Å². The topological polar surface area (TPSA) is 169 Å². The number of fused-ring (bicyclic) bond motifs is 1. The maximum atomic E-state index is 14.0. The minimum absolute atomic E-state index is 0.00470. The number of nitrogens with one attached hydrogen (secondary N) is 2. The van der Waals surface area contributed by atoms with Crippen molar-refractivity contribution in [2.75, 3.05) is 62.7 Å². The lowest BCUT2D eigenvalue weighted by atomic mass is 9.72. The summed E-state index contributed by atoms with van der Waals surface area (Å²) in [5.74, 6) is -0.216. The molecule has 326 valence electrons. The number of nitrogens with two attached hydrogens (primary N) is 1. The Balaban J connectivity index is 1.01. The van der Waals surface area contributed by atoms with Crippen molar-refractivity contribution in [2.24, 2.45) is 11.1 Å². The van der Waals surface area contributed by atoms with E-state index in [1.165, 1.54) is 28.8 Å². The van der Waals surface area contributed by atoms with Gasteiger partial charge in [0.15, 0.2) is 0 Å². The number of halogens is 1. The quantitative estimate of drug-likeness (QED) is 0.0871. The summed E-state index contributed by atoms with van der Waals surface area (Å²) in [6, 6.07) is 22.5. The molecule has 0 spiro atoms. The molecule has 8 rings (SSSR count). The van der Waals surface area contributed by atoms with Crippen LogP contribution in [0.15, 0.2) is 95.4 Å². The van der Waals surface area contributed by atoms with Crippen LogP contribution in [0.4, 0.5) is 17.1 Å². The van der Waals surface area contributed by atoms with Gasteiger partial charge in [-0.3, -0.25) is 19.8 Å². The first-order valence-corrected chi connectivity index (χ1v) is 23.0. The van der Waals surface area contributed by atoms with Gasteiger partial charge >= 0.3 is 0 Å². The molecule has 0 aromatic heterocycles. The fourth-order valence-corrected chi connectivity index (χ4v) is 9.90. The lowest BCUT2D eigenvalue weighted by Crippen LogP contribution is -2.50. The standard InChI is InChI=1S/C47H53ClN6O7S/c1-46(2)18-17-34(40(29-46)33-9-11-35(48)12-10-33)30-52-21-23-53(24-22-52)36-13-15-39(44(27-36)61-43-8-4-6-32-5-3-7-38(32)43)45(55)51-62(58,59)37-14-16-41(42(28-37)54(56)57)50-31-47(49)19-25-60-26-20-47/h3-4,6-16,27-28,50H,5,17-26,29-31,49H2,1-2H3,(H,51,55). The second kappa shape index (κ2) is 17.9. The van der Waals surface area contributed by atoms with Crippen molar-refractivity contribution < 1.29 is 27.6 Å². The maximum Gasteiger partial charge on any atom is 0.293 e. The van der Waals surface area contributed by atoms with Crippen molar-refractivity contribution in [1.82, 2.24) is 9.62 Å². The molecule has 4 aliphatic rings. The Morgan fingerprint density at radius 1 is 0.968 bits per heavy atom. The second-order valence-corrected chi connectivity index (χ2v) is 19.7. The van der Waals surface area contributed by atoms with Gasteiger partial charge in [-0.1, -0.05) is 67.4 Å². The highest BCUT2D eigenvalue weighted by atomic mass is 35.5. The fourth-order valence-electron chi connectivity index (χ4n) is 8.79. The van der Waals surface area contributed by atoms with E-state index in [1.807, 2.05) is 42.5 Å². The van der Waals surface area contributed by atoms with Gasteiger partial charge in [-0.05, 0) is 103 Å². The number of carbonyl (C=O) groups is 1. The average Bonchev–Trinajstić information content (AvgIpc) is 3.74. The number of hydrogen-bond acceptors (Lipinski definition) is 11. The monoisotopic (exact) mass is 880 g/mol. The smallest absolute Gasteiger partial charge is 0.293 e. The van der Waals surface area contributed by atoms with Crippen molar-refractivity contribution in [3.8, 4) is 11.5 Å². The summed E-state index contributed by atoms with van der Waals surface area (Å²) in [5.41, 5.74) is 12.6. The van der Waals surface area contributed by atoms with E-state index in [9.17, 15) is 23.3 Å². The van der Waals surface area contributed by atoms with Gasteiger partial charge in [0.25, 0.3) is 21.6 Å². The molecular formula is C47H53ClN6O7S. The van der Waals surface area contributed by atoms with Crippen LogP contribution in [0.3, 0.4) is 0 Å². The lowest BCUT2D eigenvalue weighted by molar-refractivity contribution is -0.384. The molecule has 1 amide bonds. The highest BCUT2D eigenvalue weighted by molar-refractivity contribution is 7.90. The molecule has 0 radical (unpaired) electrons. The van der Waals surface area contributed by atoms with Crippen LogP contribution in [0.25, 0.3) is 11.6 Å². The Bertz CT molecular complexity index is 2530. The van der Waals surface area contributed by atoms with E-state index in [1.54, 1.807) is 18.2 Å². The molecule has 0 saturated carbocycles. The Morgan fingerprint density at radius 2 is 1.73 bits per heavy atom. The van der Waals surface area contributed by atoms with Crippen LogP contribution in [-0.4, -0.2) is 82.2 Å². The zero-order chi connectivity index (χ0) is 43.6. The normalized spacial score (nSPS) is 18.6. The van der Waals surface area contributed by atoms with Gasteiger partial charge in [0.1, 0.15) is 17.2 Å². The fraction of sp³-hybridized carbons (Fsp3) is 0.383. The number of sulfonamides is 1. The first kappa shape index (κ1) is 43.4. The molecule has 4 N–H and O–H groups in total. The third-order valence-corrected chi connectivity index (χ3v) is 14.1. The van der Waals surface area contributed by atoms with E-state index in [2.05, 4.69) is 45.8 Å². The molecule has 62 heavy (non-hydrogen) atoms. The number of amides is 1. The van der Waals surface area contributed by atoms with Crippen LogP contribution in [0.5, 0.6) is 11.5 Å². The highest BCUT2D eigenvalue weighted by Gasteiger charge is 2.32. The summed E-state index contributed by atoms with van der Waals surface area (Å²) in [6.45, 7) is 9.91. The summed E-state index contributed by atoms with van der Waals surface area (Å²) in [7, 11) is -4.57. The Kier molecular flexibility index (Phi) is 12.5. The van der Waals surface area contributed by atoms with E-state index >= 15 is 0 Å². The molecule has 15 heteroatoms. The third kappa shape index (κ3) is 9.85. The minimum Gasteiger partial charge on any atom is -0.456 e. The van der Waals surface area contributed by atoms with E-state index in [-0.39, 0.29) is 29.0 Å². The number of ether oxygens (including phenoxy) is 2. The van der Waals surface area contributed by atoms with Crippen molar-refractivity contribution in [1.29, 1.82) is 0 Å². The minimum atomic E-state index is -4.57. The van der Waals surface area contributed by atoms with Crippen molar-refractivity contribution in [3.63, 3.8) is 0 Å². The number of rotatable bonds is 13. The number of nitro groups is 1. The zero-order valence-electron chi connectivity index (χ0n) is 35.1. The zero-order valence-corrected chi connectivity index (χ0v) is 36.7. The molecule has 13 nitrogen and oxygen atoms in total. The van der Waals surface area contributed by atoms with Gasteiger partial charge in [0.2, 0.25) is 0 Å². The number of nitrogens with zero attached hydrogens (tertiary/aromatic N) is 3. The molecule has 2 saturated heterocycles. The van der Waals surface area contributed by atoms with Crippen LogP contribution in [0, 0.1) is 15.5 Å². The number of anilines is 2. The van der Waals surface area contributed by atoms with E-state index in [0.29, 0.717) is 31.8 Å². The first-order chi connectivity index (χ1) is 29.7. The molecule has 0 bridgehead atoms. The average molecular weight is 881 g/mol. The van der Waals surface area contributed by atoms with Gasteiger partial charge < -0.3 is 25.4 Å². The summed E-state index contributed by atoms with van der Waals surface area (Å²) in [5, 5.41) is 15.9. The van der Waals surface area contributed by atoms with Crippen LogP contribution in [-0.2, 0) is 21.2 Å². The van der Waals surface area contributed by atoms with Crippen LogP contribution in [0.2, 0.25) is 5.02 Å². The molecule has 2 heterocycles. The predicted octanol–water partition coefficient (Wildman–Crippen LogP) is 8.43. The molecule has 4 aromatic carbocycles. The van der Waals surface area contributed by atoms with E-state index in [4.69, 9.17) is 26.8 Å². The number of hydrogen-bond donors (Lipinski definition) is 3. The molecule has 2 fully saturated rings. The lowest BCUT2D eigenvalue weighted by Gasteiger charge is -2.39. The number of nitro benzene ring substituents is 1. The van der Waals surface area contributed by atoms with Gasteiger partial charge in [0.05, 0.1) is 15.4 Å². The Morgan fingerprint density at radius 3 is 2.47 bits per heavy atom. The number of allylic oxidation sites excluding steroid dienone is 2. The highest BCUT2D eigenvalue weighted by Crippen LogP contribution is 2.44. The van der Waals surface area contributed by atoms with Gasteiger partial charge in [-0.25, -0.2) is 13.1 Å². The van der Waals surface area contributed by atoms with Crippen LogP contribution >= 0.6 is 11.6 Å². The molecule has 0 unspecified atom stereocenters. The van der Waals surface area contributed by atoms with Gasteiger partial charge in [-0.15, -0.1) is 0 Å². The maximum absolute atomic E-state index is 14.0. The summed E-state index contributed by atoms with van der Waals surface area (Å²) in [4.78, 5) is 29.8. The predicted molar refractivity (Wildman–Crippen MR) is 244 cm³/mol. The Labute approximate surface area is 368 Å². The molecular weight excluding hydrogens is 828 g/mol. The van der Waals surface area contributed by atoms with E-state index in [0.717, 1.165) is 86.3 Å². The molecule has 2 aliphatic heterocycles. The summed E-state index contributed by atoms with van der Waals surface area (Å²) in [6.07, 6.45) is 9.12. The summed E-state index contributed by atoms with van der Waals surface area (Å²) < 4.78 is 41.5. The Hall–Kier alpha value is -5.25. The largest absolute Gasteiger partial charge is 0.456 e. The van der Waals surface area contributed by atoms with Crippen LogP contribution < -0.4 is 25.4 Å². The van der Waals surface area contributed by atoms with Crippen molar-refractivity contribution >= 4 is 56.2 Å². The first-order valence-electron chi connectivity index (χ1n) is 21.2. The molecule has 0 atom stereocenters. The molecule has 4 aromatic rings. The van der Waals surface area contributed by atoms with Crippen molar-refractivity contribution in [2.45, 2.75) is 62.8 Å². The number of carbonyl (C=O) groups excluding carboxylic acids is 1. The molecule has 2 aliphatic carbocycles. The summed E-state index contributed by atoms with van der Waals surface area (Å²) >= 11 is 6.25. The van der Waals surface area contributed by atoms with Gasteiger partial charge in [-0.2, -0.15) is 0 Å². The van der Waals surface area contributed by atoms with Crippen LogP contribution in [0.1, 0.15) is 73.0 Å². The SMILES string of the molecule is CC1(C)CCC(CN2CCN(c3ccc(C(=O)NS(=O)(=O)c4ccc(NCC5(N)CCOCC5)c([N+](=O)[O-])c4)c(Oc4cccc5c4C=CC5)c3)CC2)=C(c2ccc(Cl)cc2)C1. The second-order valence-electron chi connectivity index (χ2n) is 17.6. The van der Waals surface area contributed by atoms with Gasteiger partial charge in [0, 0.05) is 86.4 Å². The third-order valence-electron chi connectivity index (χ3n) is 12.6.